The first-order chi connectivity index (χ1) is 7.24. The predicted octanol–water partition coefficient (Wildman–Crippen LogP) is 2.70. The Hall–Kier alpha value is -0.490. The molecular weight excluding hydrogens is 266 g/mol. The van der Waals surface area contributed by atoms with Crippen molar-refractivity contribution in [3.05, 3.63) is 33.8 Å². The van der Waals surface area contributed by atoms with E-state index in [1.807, 2.05) is 0 Å². The standard InChI is InChI=1S/C9H8Cl2F3NO/c10-6-3-1-2-5(7(6)11)8(16,4-15)9(12,13)14/h1-3,16H,4,15H2. The van der Waals surface area contributed by atoms with Gasteiger partial charge in [0.15, 0.2) is 5.60 Å². The Labute approximate surface area is 99.8 Å². The number of benzene rings is 1. The fourth-order valence-corrected chi connectivity index (χ4v) is 1.66. The quantitative estimate of drug-likeness (QED) is 0.871. The van der Waals surface area contributed by atoms with Crippen LogP contribution in [0.3, 0.4) is 0 Å². The van der Waals surface area contributed by atoms with Crippen LogP contribution in [0.25, 0.3) is 0 Å². The number of alkyl halides is 3. The molecular formula is C9H8Cl2F3NO. The van der Waals surface area contributed by atoms with Crippen LogP contribution in [0, 0.1) is 0 Å². The summed E-state index contributed by atoms with van der Waals surface area (Å²) in [5.74, 6) is 0. The summed E-state index contributed by atoms with van der Waals surface area (Å²) in [7, 11) is 0. The normalized spacial score (nSPS) is 15.9. The van der Waals surface area contributed by atoms with E-state index in [-0.39, 0.29) is 10.0 Å². The average Bonchev–Trinajstić information content (AvgIpc) is 2.19. The van der Waals surface area contributed by atoms with Crippen LogP contribution in [-0.4, -0.2) is 17.8 Å². The van der Waals surface area contributed by atoms with Gasteiger partial charge in [-0.2, -0.15) is 13.2 Å². The Bertz CT molecular complexity index is 397. The number of halogens is 5. The first-order valence-electron chi connectivity index (χ1n) is 4.17. The average molecular weight is 274 g/mol. The molecule has 90 valence electrons. The van der Waals surface area contributed by atoms with Crippen LogP contribution in [0.5, 0.6) is 0 Å². The first-order valence-corrected chi connectivity index (χ1v) is 4.93. The molecule has 0 bridgehead atoms. The molecule has 1 atom stereocenters. The third kappa shape index (κ3) is 2.13. The van der Waals surface area contributed by atoms with Crippen molar-refractivity contribution in [2.75, 3.05) is 6.54 Å². The number of rotatable bonds is 2. The summed E-state index contributed by atoms with van der Waals surface area (Å²) in [6.07, 6.45) is -4.92. The van der Waals surface area contributed by atoms with E-state index in [0.717, 1.165) is 6.07 Å². The summed E-state index contributed by atoms with van der Waals surface area (Å²) in [6.45, 7) is -1.03. The van der Waals surface area contributed by atoms with Crippen LogP contribution >= 0.6 is 23.2 Å². The minimum atomic E-state index is -4.92. The van der Waals surface area contributed by atoms with Gasteiger partial charge in [-0.25, -0.2) is 0 Å². The van der Waals surface area contributed by atoms with E-state index in [1.165, 1.54) is 12.1 Å². The van der Waals surface area contributed by atoms with Gasteiger partial charge in [0, 0.05) is 12.1 Å². The second-order valence-electron chi connectivity index (χ2n) is 3.16. The highest BCUT2D eigenvalue weighted by molar-refractivity contribution is 6.42. The van der Waals surface area contributed by atoms with Crippen molar-refractivity contribution in [1.82, 2.24) is 0 Å². The molecule has 0 amide bonds. The van der Waals surface area contributed by atoms with Gasteiger partial charge in [0.05, 0.1) is 10.0 Å². The molecule has 0 aromatic heterocycles. The summed E-state index contributed by atoms with van der Waals surface area (Å²) < 4.78 is 38.0. The molecule has 0 aliphatic heterocycles. The van der Waals surface area contributed by atoms with Gasteiger partial charge in [0.1, 0.15) is 0 Å². The second kappa shape index (κ2) is 4.41. The molecule has 1 aromatic rings. The lowest BCUT2D eigenvalue weighted by Crippen LogP contribution is -2.48. The number of hydrogen-bond acceptors (Lipinski definition) is 2. The van der Waals surface area contributed by atoms with E-state index in [0.29, 0.717) is 0 Å². The fraction of sp³-hybridized carbons (Fsp3) is 0.333. The van der Waals surface area contributed by atoms with Gasteiger partial charge in [0.25, 0.3) is 0 Å². The van der Waals surface area contributed by atoms with Gasteiger partial charge in [-0.15, -0.1) is 0 Å². The largest absolute Gasteiger partial charge is 0.422 e. The van der Waals surface area contributed by atoms with Crippen molar-refractivity contribution >= 4 is 23.2 Å². The highest BCUT2D eigenvalue weighted by atomic mass is 35.5. The van der Waals surface area contributed by atoms with Crippen LogP contribution < -0.4 is 5.73 Å². The smallest absolute Gasteiger partial charge is 0.375 e. The Balaban J connectivity index is 3.40. The van der Waals surface area contributed by atoms with Gasteiger partial charge in [-0.3, -0.25) is 0 Å². The van der Waals surface area contributed by atoms with Gasteiger partial charge < -0.3 is 10.8 Å². The summed E-state index contributed by atoms with van der Waals surface area (Å²) in [4.78, 5) is 0. The molecule has 0 saturated heterocycles. The van der Waals surface area contributed by atoms with E-state index in [9.17, 15) is 18.3 Å². The van der Waals surface area contributed by atoms with Crippen LogP contribution in [0.2, 0.25) is 10.0 Å². The third-order valence-corrected chi connectivity index (χ3v) is 2.98. The van der Waals surface area contributed by atoms with Gasteiger partial charge in [-0.05, 0) is 6.07 Å². The zero-order chi connectivity index (χ0) is 12.6. The molecule has 0 fully saturated rings. The highest BCUT2D eigenvalue weighted by Gasteiger charge is 2.55. The van der Waals surface area contributed by atoms with E-state index < -0.39 is 23.9 Å². The van der Waals surface area contributed by atoms with Crippen LogP contribution in [-0.2, 0) is 5.60 Å². The molecule has 0 aliphatic rings. The molecule has 0 radical (unpaired) electrons. The molecule has 0 heterocycles. The second-order valence-corrected chi connectivity index (χ2v) is 3.95. The Kier molecular flexibility index (Phi) is 3.74. The summed E-state index contributed by atoms with van der Waals surface area (Å²) in [6, 6.07) is 3.62. The summed E-state index contributed by atoms with van der Waals surface area (Å²) in [5, 5.41) is 9.11. The van der Waals surface area contributed by atoms with E-state index in [2.05, 4.69) is 0 Å². The van der Waals surface area contributed by atoms with Crippen molar-refractivity contribution in [2.24, 2.45) is 5.73 Å². The molecule has 1 unspecified atom stereocenters. The maximum absolute atomic E-state index is 12.7. The van der Waals surface area contributed by atoms with Crippen LogP contribution in [0.4, 0.5) is 13.2 Å². The molecule has 1 rings (SSSR count). The lowest BCUT2D eigenvalue weighted by Gasteiger charge is -2.30. The maximum atomic E-state index is 12.7. The maximum Gasteiger partial charge on any atom is 0.422 e. The molecule has 0 saturated carbocycles. The minimum Gasteiger partial charge on any atom is -0.375 e. The summed E-state index contributed by atoms with van der Waals surface area (Å²) in [5.41, 5.74) is 1.24. The van der Waals surface area contributed by atoms with Crippen molar-refractivity contribution in [3.63, 3.8) is 0 Å². The van der Waals surface area contributed by atoms with Crippen LogP contribution in [0.1, 0.15) is 5.56 Å². The topological polar surface area (TPSA) is 46.2 Å². The van der Waals surface area contributed by atoms with Crippen molar-refractivity contribution in [2.45, 2.75) is 11.8 Å². The van der Waals surface area contributed by atoms with E-state index in [4.69, 9.17) is 28.9 Å². The molecule has 0 aliphatic carbocycles. The number of hydrogen-bond donors (Lipinski definition) is 2. The number of aliphatic hydroxyl groups is 1. The first kappa shape index (κ1) is 13.6. The monoisotopic (exact) mass is 273 g/mol. The van der Waals surface area contributed by atoms with Crippen molar-refractivity contribution in [3.8, 4) is 0 Å². The zero-order valence-electron chi connectivity index (χ0n) is 7.85. The van der Waals surface area contributed by atoms with Crippen molar-refractivity contribution < 1.29 is 18.3 Å². The zero-order valence-corrected chi connectivity index (χ0v) is 9.37. The van der Waals surface area contributed by atoms with Gasteiger partial charge in [-0.1, -0.05) is 35.3 Å². The lowest BCUT2D eigenvalue weighted by atomic mass is 9.93. The SMILES string of the molecule is NCC(O)(c1cccc(Cl)c1Cl)C(F)(F)F. The van der Waals surface area contributed by atoms with E-state index >= 15 is 0 Å². The molecule has 2 nitrogen and oxygen atoms in total. The van der Waals surface area contributed by atoms with Gasteiger partial charge in [0.2, 0.25) is 0 Å². The van der Waals surface area contributed by atoms with Crippen molar-refractivity contribution in [1.29, 1.82) is 0 Å². The molecule has 0 spiro atoms. The third-order valence-electron chi connectivity index (χ3n) is 2.16. The van der Waals surface area contributed by atoms with Gasteiger partial charge >= 0.3 is 6.18 Å². The fourth-order valence-electron chi connectivity index (χ4n) is 1.20. The Morgan fingerprint density at radius 3 is 2.25 bits per heavy atom. The van der Waals surface area contributed by atoms with Crippen LogP contribution in [0.15, 0.2) is 18.2 Å². The minimum absolute atomic E-state index is 0.0738. The predicted molar refractivity (Wildman–Crippen MR) is 55.5 cm³/mol. The molecule has 7 heteroatoms. The lowest BCUT2D eigenvalue weighted by molar-refractivity contribution is -0.262. The molecule has 3 N–H and O–H groups in total. The van der Waals surface area contributed by atoms with E-state index in [1.54, 1.807) is 0 Å². The molecule has 16 heavy (non-hydrogen) atoms. The highest BCUT2D eigenvalue weighted by Crippen LogP contribution is 2.42. The Morgan fingerprint density at radius 1 is 1.25 bits per heavy atom. The summed E-state index contributed by atoms with van der Waals surface area (Å²) >= 11 is 11.2. The molecule has 1 aromatic carbocycles. The number of nitrogens with two attached hydrogens (primary N) is 1. The Morgan fingerprint density at radius 2 is 1.81 bits per heavy atom.